The molecule has 3 N–H and O–H groups in total. The van der Waals surface area contributed by atoms with Crippen molar-refractivity contribution in [3.05, 3.63) is 52.8 Å². The summed E-state index contributed by atoms with van der Waals surface area (Å²) < 4.78 is 3.54. The quantitative estimate of drug-likeness (QED) is 0.672. The van der Waals surface area contributed by atoms with Crippen LogP contribution in [0.15, 0.2) is 52.4 Å². The standard InChI is InChI=1S/C18H22N6SSi/c1-26(2,3)14-9-13(20-10-12-7-5-4-6-8-12)24-17-15(23-18(24)25-14)16(19)21-11-22-17/h4-9,11,13,20H,10H2,1-3H3,(H2,19,21,22). The average molecular weight is 383 g/mol. The summed E-state index contributed by atoms with van der Waals surface area (Å²) in [5.41, 5.74) is 8.73. The SMILES string of the molecule is C[Si](C)(C)C1=CC(NCc2ccccc2)n2c(nc3c(N)ncnc32)S1. The molecule has 4 rings (SSSR count). The van der Waals surface area contributed by atoms with Gasteiger partial charge in [-0.3, -0.25) is 9.88 Å². The predicted octanol–water partition coefficient (Wildman–Crippen LogP) is 3.56. The highest BCUT2D eigenvalue weighted by Gasteiger charge is 2.31. The van der Waals surface area contributed by atoms with E-state index in [1.807, 2.05) is 6.07 Å². The zero-order valence-electron chi connectivity index (χ0n) is 15.1. The number of nitrogens with zero attached hydrogens (tertiary/aromatic N) is 4. The van der Waals surface area contributed by atoms with Crippen LogP contribution in [0.25, 0.3) is 11.2 Å². The van der Waals surface area contributed by atoms with Gasteiger partial charge in [0.05, 0.1) is 8.07 Å². The van der Waals surface area contributed by atoms with E-state index in [1.165, 1.54) is 16.4 Å². The van der Waals surface area contributed by atoms with Crippen molar-refractivity contribution in [1.82, 2.24) is 24.8 Å². The number of fused-ring (bicyclic) bond motifs is 3. The van der Waals surface area contributed by atoms with Gasteiger partial charge in [0.2, 0.25) is 0 Å². The second-order valence-corrected chi connectivity index (χ2v) is 13.8. The van der Waals surface area contributed by atoms with E-state index in [1.54, 1.807) is 11.8 Å². The number of benzene rings is 1. The third-order valence-corrected chi connectivity index (χ3v) is 8.97. The second kappa shape index (κ2) is 6.53. The fourth-order valence-electron chi connectivity index (χ4n) is 2.95. The number of nitrogen functional groups attached to an aromatic ring is 1. The summed E-state index contributed by atoms with van der Waals surface area (Å²) in [7, 11) is -1.47. The van der Waals surface area contributed by atoms with Gasteiger partial charge in [-0.2, -0.15) is 0 Å². The monoisotopic (exact) mass is 382 g/mol. The molecule has 0 amide bonds. The van der Waals surface area contributed by atoms with Crippen molar-refractivity contribution in [1.29, 1.82) is 0 Å². The van der Waals surface area contributed by atoms with Crippen molar-refractivity contribution in [2.24, 2.45) is 0 Å². The van der Waals surface area contributed by atoms with Crippen LogP contribution in [0.2, 0.25) is 19.6 Å². The van der Waals surface area contributed by atoms with Crippen molar-refractivity contribution >= 4 is 36.8 Å². The number of hydrogen-bond donors (Lipinski definition) is 2. The third kappa shape index (κ3) is 3.15. The fraction of sp³-hybridized carbons (Fsp3) is 0.278. The first-order valence-corrected chi connectivity index (χ1v) is 12.9. The van der Waals surface area contributed by atoms with Gasteiger partial charge in [0.1, 0.15) is 12.5 Å². The Morgan fingerprint density at radius 1 is 1.19 bits per heavy atom. The lowest BCUT2D eigenvalue weighted by atomic mass is 10.2. The van der Waals surface area contributed by atoms with Crippen LogP contribution in [0.1, 0.15) is 11.7 Å². The highest BCUT2D eigenvalue weighted by Crippen LogP contribution is 2.41. The van der Waals surface area contributed by atoms with E-state index in [0.717, 1.165) is 17.3 Å². The molecule has 1 aromatic carbocycles. The van der Waals surface area contributed by atoms with Gasteiger partial charge in [-0.15, -0.1) is 0 Å². The topological polar surface area (TPSA) is 81.7 Å². The molecule has 6 nitrogen and oxygen atoms in total. The lowest BCUT2D eigenvalue weighted by molar-refractivity contribution is 0.457. The lowest BCUT2D eigenvalue weighted by Crippen LogP contribution is -2.32. The van der Waals surface area contributed by atoms with Crippen LogP contribution >= 0.6 is 11.8 Å². The summed E-state index contributed by atoms with van der Waals surface area (Å²) >= 11 is 1.74. The highest BCUT2D eigenvalue weighted by molar-refractivity contribution is 8.05. The van der Waals surface area contributed by atoms with Gasteiger partial charge in [0, 0.05) is 6.54 Å². The summed E-state index contributed by atoms with van der Waals surface area (Å²) in [5, 5.41) is 4.58. The van der Waals surface area contributed by atoms with Crippen LogP contribution in [0.3, 0.4) is 0 Å². The minimum absolute atomic E-state index is 0.00696. The number of thioether (sulfide) groups is 1. The number of hydrogen-bond acceptors (Lipinski definition) is 6. The van der Waals surface area contributed by atoms with E-state index in [4.69, 9.17) is 10.7 Å². The first-order chi connectivity index (χ1) is 12.4. The number of imidazole rings is 1. The Balaban J connectivity index is 1.76. The van der Waals surface area contributed by atoms with Gasteiger partial charge in [-0.1, -0.05) is 61.7 Å². The van der Waals surface area contributed by atoms with Crippen molar-refractivity contribution in [2.45, 2.75) is 37.5 Å². The molecule has 1 aliphatic heterocycles. The molecule has 3 aromatic rings. The summed E-state index contributed by atoms with van der Waals surface area (Å²) in [6.45, 7) is 7.83. The predicted molar refractivity (Wildman–Crippen MR) is 109 cm³/mol. The Hall–Kier alpha value is -2.16. The maximum absolute atomic E-state index is 6.03. The number of aromatic nitrogens is 4. The Labute approximate surface area is 158 Å². The second-order valence-electron chi connectivity index (χ2n) is 7.39. The normalized spacial score (nSPS) is 17.2. The minimum atomic E-state index is -1.47. The summed E-state index contributed by atoms with van der Waals surface area (Å²) in [5.74, 6) is 0.425. The third-order valence-electron chi connectivity index (χ3n) is 4.36. The molecule has 1 unspecified atom stereocenters. The Bertz CT molecular complexity index is 977. The van der Waals surface area contributed by atoms with Gasteiger partial charge in [0.15, 0.2) is 22.1 Å². The Kier molecular flexibility index (Phi) is 4.34. The summed E-state index contributed by atoms with van der Waals surface area (Å²) in [4.78, 5) is 13.3. The molecule has 0 spiro atoms. The van der Waals surface area contributed by atoms with E-state index in [0.29, 0.717) is 11.3 Å². The Morgan fingerprint density at radius 3 is 2.69 bits per heavy atom. The molecule has 1 aliphatic rings. The molecule has 0 saturated carbocycles. The van der Waals surface area contributed by atoms with E-state index < -0.39 is 8.07 Å². The molecule has 0 fully saturated rings. The van der Waals surface area contributed by atoms with Crippen molar-refractivity contribution < 1.29 is 0 Å². The molecule has 0 aliphatic carbocycles. The fourth-order valence-corrected chi connectivity index (χ4v) is 5.94. The van der Waals surface area contributed by atoms with Crippen LogP contribution in [-0.2, 0) is 6.54 Å². The number of nitrogens with one attached hydrogen (secondary N) is 1. The number of anilines is 1. The van der Waals surface area contributed by atoms with Crippen LogP contribution in [0.5, 0.6) is 0 Å². The maximum atomic E-state index is 6.03. The van der Waals surface area contributed by atoms with Gasteiger partial charge in [-0.25, -0.2) is 15.0 Å². The largest absolute Gasteiger partial charge is 0.382 e. The highest BCUT2D eigenvalue weighted by atomic mass is 32.2. The van der Waals surface area contributed by atoms with Crippen molar-refractivity contribution in [2.75, 3.05) is 5.73 Å². The van der Waals surface area contributed by atoms with E-state index >= 15 is 0 Å². The van der Waals surface area contributed by atoms with Crippen molar-refractivity contribution in [3.63, 3.8) is 0 Å². The van der Waals surface area contributed by atoms with Gasteiger partial charge < -0.3 is 5.73 Å². The van der Waals surface area contributed by atoms with E-state index in [9.17, 15) is 0 Å². The Morgan fingerprint density at radius 2 is 1.96 bits per heavy atom. The molecule has 0 saturated heterocycles. The number of rotatable bonds is 4. The molecule has 2 aromatic heterocycles. The number of nitrogens with two attached hydrogens (primary N) is 1. The first kappa shape index (κ1) is 17.3. The zero-order valence-corrected chi connectivity index (χ0v) is 16.9. The van der Waals surface area contributed by atoms with Crippen LogP contribution in [-0.4, -0.2) is 27.6 Å². The molecular weight excluding hydrogens is 360 g/mol. The van der Waals surface area contributed by atoms with E-state index in [-0.39, 0.29) is 6.17 Å². The van der Waals surface area contributed by atoms with Gasteiger partial charge in [-0.05, 0) is 16.2 Å². The van der Waals surface area contributed by atoms with Gasteiger partial charge >= 0.3 is 0 Å². The zero-order chi connectivity index (χ0) is 18.3. The molecular formula is C18H22N6SSi. The van der Waals surface area contributed by atoms with E-state index in [2.05, 4.69) is 69.8 Å². The molecule has 8 heteroatoms. The molecule has 26 heavy (non-hydrogen) atoms. The van der Waals surface area contributed by atoms with Crippen LogP contribution in [0.4, 0.5) is 5.82 Å². The molecule has 134 valence electrons. The van der Waals surface area contributed by atoms with Gasteiger partial charge in [0.25, 0.3) is 0 Å². The minimum Gasteiger partial charge on any atom is -0.382 e. The maximum Gasteiger partial charge on any atom is 0.176 e. The molecule has 0 radical (unpaired) electrons. The molecule has 1 atom stereocenters. The smallest absolute Gasteiger partial charge is 0.176 e. The average Bonchev–Trinajstić information content (AvgIpc) is 3.00. The molecule has 0 bridgehead atoms. The summed E-state index contributed by atoms with van der Waals surface area (Å²) in [6.07, 6.45) is 3.82. The molecule has 3 heterocycles. The van der Waals surface area contributed by atoms with Crippen LogP contribution in [0, 0.1) is 0 Å². The lowest BCUT2D eigenvalue weighted by Gasteiger charge is -2.29. The summed E-state index contributed by atoms with van der Waals surface area (Å²) in [6, 6.07) is 10.4. The van der Waals surface area contributed by atoms with Crippen molar-refractivity contribution in [3.8, 4) is 0 Å². The first-order valence-electron chi connectivity index (χ1n) is 8.59. The van der Waals surface area contributed by atoms with Crippen LogP contribution < -0.4 is 11.1 Å².